The lowest BCUT2D eigenvalue weighted by Crippen LogP contribution is -2.43. The number of amides is 1. The Kier molecular flexibility index (Phi) is 10.7. The molecule has 12 heteroatoms. The second kappa shape index (κ2) is 14.7. The molecule has 2 heterocycles. The summed E-state index contributed by atoms with van der Waals surface area (Å²) in [4.78, 5) is 35.2. The van der Waals surface area contributed by atoms with Crippen LogP contribution in [-0.2, 0) is 11.4 Å². The van der Waals surface area contributed by atoms with Crippen LogP contribution < -0.4 is 33.8 Å². The first-order valence-electron chi connectivity index (χ1n) is 14.9. The summed E-state index contributed by atoms with van der Waals surface area (Å²) < 4.78 is 39.8. The van der Waals surface area contributed by atoms with Gasteiger partial charge in [0.2, 0.25) is 0 Å². The van der Waals surface area contributed by atoms with E-state index >= 15 is 0 Å². The van der Waals surface area contributed by atoms with Gasteiger partial charge in [0.25, 0.3) is 11.5 Å². The molecule has 9 nitrogen and oxygen atoms in total. The van der Waals surface area contributed by atoms with Crippen LogP contribution in [0, 0.1) is 9.39 Å². The van der Waals surface area contributed by atoms with Gasteiger partial charge >= 0.3 is 0 Å². The number of carbonyl (C=O) groups excluding carboxylic acids is 1. The van der Waals surface area contributed by atoms with Crippen LogP contribution in [-0.4, -0.2) is 49.8 Å². The van der Waals surface area contributed by atoms with Gasteiger partial charge in [0.05, 0.1) is 40.7 Å². The quantitative estimate of drug-likeness (QED) is 0.189. The highest BCUT2D eigenvalue weighted by Gasteiger charge is 2.36. The number of ether oxygens (including phenoxy) is 4. The van der Waals surface area contributed by atoms with E-state index in [0.29, 0.717) is 73.4 Å². The Labute approximate surface area is 289 Å². The van der Waals surface area contributed by atoms with E-state index in [0.717, 1.165) is 3.57 Å². The van der Waals surface area contributed by atoms with Gasteiger partial charge in [0, 0.05) is 24.2 Å². The maximum Gasteiger partial charge on any atom is 0.271 e. The average molecular weight is 772 g/mol. The highest BCUT2D eigenvalue weighted by molar-refractivity contribution is 14.1. The van der Waals surface area contributed by atoms with Crippen molar-refractivity contribution < 1.29 is 28.1 Å². The van der Waals surface area contributed by atoms with E-state index in [9.17, 15) is 14.0 Å². The van der Waals surface area contributed by atoms with Crippen molar-refractivity contribution in [1.82, 2.24) is 9.47 Å². The van der Waals surface area contributed by atoms with Crippen LogP contribution in [0.2, 0.25) is 0 Å². The average Bonchev–Trinajstić information content (AvgIpc) is 3.37. The smallest absolute Gasteiger partial charge is 0.271 e. The van der Waals surface area contributed by atoms with Crippen molar-refractivity contribution in [3.05, 3.63) is 112 Å². The molecule has 1 atom stereocenters. The summed E-state index contributed by atoms with van der Waals surface area (Å²) in [6, 6.07) is 14.6. The minimum Gasteiger partial charge on any atom is -0.497 e. The number of rotatable bonds is 11. The fraction of sp³-hybridized carbons (Fsp3) is 0.286. The molecule has 0 saturated heterocycles. The number of halogens is 2. The SMILES string of the molecule is CCN(CC)C(=O)C1=C(C)N=c2s/c(=C/c3cc(I)c(OCc4ccccc4F)c(OC)c3)c(=O)n2[C@@H]1c1cc(OC)ccc1OC. The Morgan fingerprint density at radius 2 is 1.77 bits per heavy atom. The number of carbonyl (C=O) groups is 1. The molecule has 0 aliphatic carbocycles. The summed E-state index contributed by atoms with van der Waals surface area (Å²) in [6.45, 7) is 6.65. The number of methoxy groups -OCH3 is 3. The van der Waals surface area contributed by atoms with E-state index in [1.807, 2.05) is 19.9 Å². The number of hydrogen-bond donors (Lipinski definition) is 0. The molecular weight excluding hydrogens is 736 g/mol. The van der Waals surface area contributed by atoms with Crippen molar-refractivity contribution in [2.24, 2.45) is 4.99 Å². The number of fused-ring (bicyclic) bond motifs is 1. The number of hydrogen-bond acceptors (Lipinski definition) is 8. The number of benzene rings is 3. The summed E-state index contributed by atoms with van der Waals surface area (Å²) in [6.07, 6.45) is 1.76. The predicted octanol–water partition coefficient (Wildman–Crippen LogP) is 5.45. The zero-order valence-electron chi connectivity index (χ0n) is 26.9. The van der Waals surface area contributed by atoms with E-state index in [1.54, 1.807) is 79.2 Å². The summed E-state index contributed by atoms with van der Waals surface area (Å²) >= 11 is 3.36. The maximum atomic E-state index is 14.3. The Morgan fingerprint density at radius 3 is 2.43 bits per heavy atom. The van der Waals surface area contributed by atoms with Gasteiger partial charge in [-0.2, -0.15) is 0 Å². The Hall–Kier alpha value is -4.17. The fourth-order valence-corrected chi connectivity index (χ4v) is 7.33. The molecular formula is C35H35FIN3O6S. The minimum atomic E-state index is -0.810. The first kappa shape index (κ1) is 34.2. The molecule has 0 N–H and O–H groups in total. The molecule has 4 aromatic rings. The number of allylic oxidation sites excluding steroid dienone is 1. The summed E-state index contributed by atoms with van der Waals surface area (Å²) in [5, 5.41) is 0. The first-order chi connectivity index (χ1) is 22.6. The summed E-state index contributed by atoms with van der Waals surface area (Å²) in [5.74, 6) is 1.42. The highest BCUT2D eigenvalue weighted by Crippen LogP contribution is 2.38. The monoisotopic (exact) mass is 771 g/mol. The van der Waals surface area contributed by atoms with Gasteiger partial charge in [-0.25, -0.2) is 9.38 Å². The maximum absolute atomic E-state index is 14.3. The van der Waals surface area contributed by atoms with Crippen LogP contribution >= 0.6 is 33.9 Å². The lowest BCUT2D eigenvalue weighted by Gasteiger charge is -2.30. The molecule has 0 radical (unpaired) electrons. The van der Waals surface area contributed by atoms with E-state index < -0.39 is 6.04 Å². The molecule has 1 aliphatic rings. The standard InChI is InChI=1S/C35H35FIN3O6S/c1-7-39(8-2)34(42)30-20(3)38-35-40(31(30)24-18-23(43-4)13-14-27(24)44-5)33(41)29(47-35)17-21-15-26(37)32(28(16-21)45-6)46-19-22-11-9-10-12-25(22)36/h9-18,31H,7-8,19H2,1-6H3/b29-17+/t31-/m1/s1. The third-order valence-corrected chi connectivity index (χ3v) is 9.70. The summed E-state index contributed by atoms with van der Waals surface area (Å²) in [5.41, 5.74) is 2.34. The lowest BCUT2D eigenvalue weighted by atomic mass is 9.93. The second-order valence-electron chi connectivity index (χ2n) is 10.6. The molecule has 0 unspecified atom stereocenters. The first-order valence-corrected chi connectivity index (χ1v) is 16.8. The molecule has 0 spiro atoms. The molecule has 5 rings (SSSR count). The van der Waals surface area contributed by atoms with E-state index in [2.05, 4.69) is 22.6 Å². The molecule has 0 bridgehead atoms. The zero-order valence-corrected chi connectivity index (χ0v) is 29.9. The molecule has 47 heavy (non-hydrogen) atoms. The minimum absolute atomic E-state index is 0.0264. The van der Waals surface area contributed by atoms with Crippen LogP contribution in [0.1, 0.15) is 43.5 Å². The number of likely N-dealkylation sites (N-methyl/N-ethyl adjacent to an activating group) is 1. The predicted molar refractivity (Wildman–Crippen MR) is 188 cm³/mol. The molecule has 1 aromatic heterocycles. The molecule has 3 aromatic carbocycles. The normalized spacial score (nSPS) is 14.4. The van der Waals surface area contributed by atoms with Gasteiger partial charge < -0.3 is 23.8 Å². The fourth-order valence-electron chi connectivity index (χ4n) is 5.50. The van der Waals surface area contributed by atoms with Crippen molar-refractivity contribution in [2.75, 3.05) is 34.4 Å². The van der Waals surface area contributed by atoms with E-state index in [4.69, 9.17) is 23.9 Å². The van der Waals surface area contributed by atoms with Crippen molar-refractivity contribution in [2.45, 2.75) is 33.4 Å². The van der Waals surface area contributed by atoms with Crippen molar-refractivity contribution in [3.8, 4) is 23.0 Å². The van der Waals surface area contributed by atoms with Crippen LogP contribution in [0.5, 0.6) is 23.0 Å². The number of aromatic nitrogens is 1. The van der Waals surface area contributed by atoms with Gasteiger partial charge in [-0.1, -0.05) is 29.5 Å². The van der Waals surface area contributed by atoms with Crippen LogP contribution in [0.25, 0.3) is 6.08 Å². The second-order valence-corrected chi connectivity index (χ2v) is 12.8. The van der Waals surface area contributed by atoms with Crippen molar-refractivity contribution in [1.29, 1.82) is 0 Å². The highest BCUT2D eigenvalue weighted by atomic mass is 127. The third-order valence-electron chi connectivity index (χ3n) is 7.91. The Balaban J connectivity index is 1.65. The Morgan fingerprint density at radius 1 is 1.04 bits per heavy atom. The third kappa shape index (κ3) is 6.79. The van der Waals surface area contributed by atoms with Crippen molar-refractivity contribution >= 4 is 45.9 Å². The zero-order chi connectivity index (χ0) is 33.8. The molecule has 1 aliphatic heterocycles. The van der Waals surface area contributed by atoms with E-state index in [1.165, 1.54) is 24.5 Å². The topological polar surface area (TPSA) is 91.6 Å². The van der Waals surface area contributed by atoms with E-state index in [-0.39, 0.29) is 23.9 Å². The van der Waals surface area contributed by atoms with Gasteiger partial charge in [0.1, 0.15) is 30.0 Å². The molecule has 0 saturated carbocycles. The number of thiazole rings is 1. The molecule has 246 valence electrons. The van der Waals surface area contributed by atoms with Gasteiger partial charge in [-0.3, -0.25) is 14.2 Å². The lowest BCUT2D eigenvalue weighted by molar-refractivity contribution is -0.127. The Bertz CT molecular complexity index is 2040. The van der Waals surface area contributed by atoms with Crippen LogP contribution in [0.15, 0.2) is 75.7 Å². The van der Waals surface area contributed by atoms with Crippen LogP contribution in [0.4, 0.5) is 4.39 Å². The molecule has 1 amide bonds. The van der Waals surface area contributed by atoms with Gasteiger partial charge in [-0.05, 0) is 91.4 Å². The van der Waals surface area contributed by atoms with Gasteiger partial charge in [0.15, 0.2) is 16.3 Å². The number of nitrogens with zero attached hydrogens (tertiary/aromatic N) is 3. The molecule has 0 fully saturated rings. The largest absolute Gasteiger partial charge is 0.497 e. The summed E-state index contributed by atoms with van der Waals surface area (Å²) in [7, 11) is 4.64. The van der Waals surface area contributed by atoms with Crippen LogP contribution in [0.3, 0.4) is 0 Å². The van der Waals surface area contributed by atoms with Gasteiger partial charge in [-0.15, -0.1) is 0 Å². The van der Waals surface area contributed by atoms with Crippen molar-refractivity contribution in [3.63, 3.8) is 0 Å².